The predicted octanol–water partition coefficient (Wildman–Crippen LogP) is 3.55. The number of benzene rings is 1. The summed E-state index contributed by atoms with van der Waals surface area (Å²) in [6, 6.07) is 8.72. The number of nitrogens with one attached hydrogen (secondary N) is 1. The van der Waals surface area contributed by atoms with Crippen LogP contribution in [0.5, 0.6) is 5.75 Å². The first-order valence-electron chi connectivity index (χ1n) is 7.16. The molecule has 1 N–H and O–H groups in total. The summed E-state index contributed by atoms with van der Waals surface area (Å²) in [6.07, 6.45) is 2.34. The molecule has 0 radical (unpaired) electrons. The topological polar surface area (TPSA) is 30.5 Å². The maximum Gasteiger partial charge on any atom is 0.119 e. The SMILES string of the molecule is CC[C@@H](C)Oc1ccc([C@H](C)NCCCOC)cc1. The molecule has 0 saturated carbocycles. The fourth-order valence-electron chi connectivity index (χ4n) is 1.80. The van der Waals surface area contributed by atoms with Crippen molar-refractivity contribution in [3.8, 4) is 5.75 Å². The molecule has 0 saturated heterocycles. The van der Waals surface area contributed by atoms with Crippen LogP contribution in [0.25, 0.3) is 0 Å². The summed E-state index contributed by atoms with van der Waals surface area (Å²) < 4.78 is 10.8. The molecule has 0 fully saturated rings. The van der Waals surface area contributed by atoms with Crippen molar-refractivity contribution < 1.29 is 9.47 Å². The van der Waals surface area contributed by atoms with Gasteiger partial charge in [-0.25, -0.2) is 0 Å². The van der Waals surface area contributed by atoms with E-state index in [4.69, 9.17) is 9.47 Å². The molecule has 0 unspecified atom stereocenters. The lowest BCUT2D eigenvalue weighted by atomic mass is 10.1. The van der Waals surface area contributed by atoms with Gasteiger partial charge in [-0.1, -0.05) is 19.1 Å². The summed E-state index contributed by atoms with van der Waals surface area (Å²) >= 11 is 0. The molecule has 3 heteroatoms. The van der Waals surface area contributed by atoms with Gasteiger partial charge in [-0.2, -0.15) is 0 Å². The first-order chi connectivity index (χ1) is 9.17. The van der Waals surface area contributed by atoms with Gasteiger partial charge in [0.25, 0.3) is 0 Å². The molecule has 1 aromatic carbocycles. The van der Waals surface area contributed by atoms with Gasteiger partial charge >= 0.3 is 0 Å². The fourth-order valence-corrected chi connectivity index (χ4v) is 1.80. The van der Waals surface area contributed by atoms with Crippen molar-refractivity contribution in [3.05, 3.63) is 29.8 Å². The second kappa shape index (κ2) is 8.94. The van der Waals surface area contributed by atoms with E-state index in [-0.39, 0.29) is 6.10 Å². The van der Waals surface area contributed by atoms with Gasteiger partial charge in [0.15, 0.2) is 0 Å². The van der Waals surface area contributed by atoms with E-state index in [9.17, 15) is 0 Å². The summed E-state index contributed by atoms with van der Waals surface area (Å²) in [5.74, 6) is 0.949. The van der Waals surface area contributed by atoms with E-state index in [1.807, 2.05) is 0 Å². The molecule has 1 aromatic rings. The minimum Gasteiger partial charge on any atom is -0.491 e. The first kappa shape index (κ1) is 16.0. The average molecular weight is 265 g/mol. The Hall–Kier alpha value is -1.06. The van der Waals surface area contributed by atoms with Crippen LogP contribution in [-0.2, 0) is 4.74 Å². The zero-order valence-corrected chi connectivity index (χ0v) is 12.6. The Kier molecular flexibility index (Phi) is 7.53. The molecule has 0 amide bonds. The molecule has 19 heavy (non-hydrogen) atoms. The van der Waals surface area contributed by atoms with E-state index in [0.717, 1.165) is 31.7 Å². The largest absolute Gasteiger partial charge is 0.491 e. The van der Waals surface area contributed by atoms with Crippen molar-refractivity contribution in [1.82, 2.24) is 5.32 Å². The molecule has 0 aromatic heterocycles. The standard InChI is InChI=1S/C16H27NO2/c1-5-13(2)19-16-9-7-15(8-10-16)14(3)17-11-6-12-18-4/h7-10,13-14,17H,5-6,11-12H2,1-4H3/t13-,14+/m1/s1. The average Bonchev–Trinajstić information content (AvgIpc) is 2.44. The number of rotatable bonds is 9. The van der Waals surface area contributed by atoms with E-state index in [0.29, 0.717) is 6.04 Å². The first-order valence-corrected chi connectivity index (χ1v) is 7.16. The van der Waals surface area contributed by atoms with E-state index in [1.165, 1.54) is 5.56 Å². The van der Waals surface area contributed by atoms with Crippen molar-refractivity contribution in [2.45, 2.75) is 45.8 Å². The van der Waals surface area contributed by atoms with Gasteiger partial charge in [0.1, 0.15) is 5.75 Å². The van der Waals surface area contributed by atoms with Crippen LogP contribution < -0.4 is 10.1 Å². The van der Waals surface area contributed by atoms with Crippen LogP contribution >= 0.6 is 0 Å². The Labute approximate surface area is 117 Å². The highest BCUT2D eigenvalue weighted by molar-refractivity contribution is 5.29. The molecule has 0 heterocycles. The van der Waals surface area contributed by atoms with Gasteiger partial charge in [-0.05, 0) is 50.9 Å². The number of hydrogen-bond acceptors (Lipinski definition) is 3. The smallest absolute Gasteiger partial charge is 0.119 e. The van der Waals surface area contributed by atoms with Crippen molar-refractivity contribution in [3.63, 3.8) is 0 Å². The quantitative estimate of drug-likeness (QED) is 0.693. The van der Waals surface area contributed by atoms with Crippen LogP contribution in [0.2, 0.25) is 0 Å². The summed E-state index contributed by atoms with van der Waals surface area (Å²) in [5, 5.41) is 3.48. The minimum absolute atomic E-state index is 0.274. The fraction of sp³-hybridized carbons (Fsp3) is 0.625. The van der Waals surface area contributed by atoms with Gasteiger partial charge in [0.2, 0.25) is 0 Å². The van der Waals surface area contributed by atoms with Crippen LogP contribution in [0.15, 0.2) is 24.3 Å². The van der Waals surface area contributed by atoms with E-state index in [1.54, 1.807) is 7.11 Å². The molecule has 0 bridgehead atoms. The number of hydrogen-bond donors (Lipinski definition) is 1. The van der Waals surface area contributed by atoms with Crippen LogP contribution in [0.1, 0.15) is 45.2 Å². The van der Waals surface area contributed by atoms with Gasteiger partial charge in [-0.3, -0.25) is 0 Å². The zero-order valence-electron chi connectivity index (χ0n) is 12.6. The summed E-state index contributed by atoms with van der Waals surface area (Å²) in [5.41, 5.74) is 1.29. The van der Waals surface area contributed by atoms with E-state index in [2.05, 4.69) is 50.4 Å². The molecule has 108 valence electrons. The third-order valence-electron chi connectivity index (χ3n) is 3.27. The van der Waals surface area contributed by atoms with Crippen LogP contribution in [0, 0.1) is 0 Å². The normalized spacial score (nSPS) is 14.1. The van der Waals surface area contributed by atoms with Crippen LogP contribution in [0.4, 0.5) is 0 Å². The Morgan fingerprint density at radius 2 is 1.84 bits per heavy atom. The maximum atomic E-state index is 5.77. The molecular formula is C16H27NO2. The summed E-state index contributed by atoms with van der Waals surface area (Å²) in [6.45, 7) is 8.18. The highest BCUT2D eigenvalue weighted by Crippen LogP contribution is 2.19. The van der Waals surface area contributed by atoms with Crippen molar-refractivity contribution >= 4 is 0 Å². The molecule has 0 spiro atoms. The van der Waals surface area contributed by atoms with Crippen molar-refractivity contribution in [2.75, 3.05) is 20.3 Å². The Morgan fingerprint density at radius 1 is 1.16 bits per heavy atom. The molecule has 2 atom stereocenters. The number of ether oxygens (including phenoxy) is 2. The van der Waals surface area contributed by atoms with Crippen molar-refractivity contribution in [1.29, 1.82) is 0 Å². The maximum absolute atomic E-state index is 5.77. The lowest BCUT2D eigenvalue weighted by Crippen LogP contribution is -2.20. The highest BCUT2D eigenvalue weighted by atomic mass is 16.5. The minimum atomic E-state index is 0.274. The molecule has 1 rings (SSSR count). The lowest BCUT2D eigenvalue weighted by Gasteiger charge is -2.16. The Morgan fingerprint density at radius 3 is 2.42 bits per heavy atom. The van der Waals surface area contributed by atoms with Gasteiger partial charge in [0, 0.05) is 19.8 Å². The third kappa shape index (κ3) is 6.08. The van der Waals surface area contributed by atoms with E-state index >= 15 is 0 Å². The second-order valence-electron chi connectivity index (χ2n) is 4.93. The molecule has 0 aliphatic rings. The summed E-state index contributed by atoms with van der Waals surface area (Å²) in [7, 11) is 1.74. The van der Waals surface area contributed by atoms with Crippen LogP contribution in [0.3, 0.4) is 0 Å². The van der Waals surface area contributed by atoms with Crippen LogP contribution in [-0.4, -0.2) is 26.4 Å². The molecule has 0 aliphatic carbocycles. The predicted molar refractivity (Wildman–Crippen MR) is 79.7 cm³/mol. The van der Waals surface area contributed by atoms with Crippen molar-refractivity contribution in [2.24, 2.45) is 0 Å². The summed E-state index contributed by atoms with van der Waals surface area (Å²) in [4.78, 5) is 0. The number of methoxy groups -OCH3 is 1. The Bertz CT molecular complexity index is 337. The molecule has 3 nitrogen and oxygen atoms in total. The highest BCUT2D eigenvalue weighted by Gasteiger charge is 2.05. The van der Waals surface area contributed by atoms with Gasteiger partial charge < -0.3 is 14.8 Å². The second-order valence-corrected chi connectivity index (χ2v) is 4.93. The van der Waals surface area contributed by atoms with Gasteiger partial charge in [0.05, 0.1) is 6.10 Å². The molecular weight excluding hydrogens is 238 g/mol. The Balaban J connectivity index is 2.41. The lowest BCUT2D eigenvalue weighted by molar-refractivity contribution is 0.193. The molecule has 0 aliphatic heterocycles. The van der Waals surface area contributed by atoms with Gasteiger partial charge in [-0.15, -0.1) is 0 Å². The van der Waals surface area contributed by atoms with E-state index < -0.39 is 0 Å². The monoisotopic (exact) mass is 265 g/mol. The zero-order chi connectivity index (χ0) is 14.1. The third-order valence-corrected chi connectivity index (χ3v) is 3.27.